The molecule has 0 radical (unpaired) electrons. The van der Waals surface area contributed by atoms with Crippen molar-refractivity contribution >= 4 is 24.1 Å². The predicted molar refractivity (Wildman–Crippen MR) is 109 cm³/mol. The molecule has 3 rings (SSSR count). The summed E-state index contributed by atoms with van der Waals surface area (Å²) < 4.78 is 0. The van der Waals surface area contributed by atoms with Crippen molar-refractivity contribution in [3.8, 4) is 6.07 Å². The second kappa shape index (κ2) is 9.91. The third kappa shape index (κ3) is 5.33. The summed E-state index contributed by atoms with van der Waals surface area (Å²) in [6.07, 6.45) is 4.44. The van der Waals surface area contributed by atoms with Gasteiger partial charge in [-0.15, -0.1) is 12.4 Å². The first-order valence-electron chi connectivity index (χ1n) is 9.72. The van der Waals surface area contributed by atoms with Gasteiger partial charge in [0.2, 0.25) is 5.91 Å². The molecule has 0 N–H and O–H groups in total. The highest BCUT2D eigenvalue weighted by atomic mass is 35.5. The SMILES string of the molecule is CC(C)N1CCCN(C(=O)C2CCN(c3ccc(C#N)cn3)CC2)CC1.Cl. The lowest BCUT2D eigenvalue weighted by atomic mass is 9.95. The number of nitriles is 1. The second-order valence-electron chi connectivity index (χ2n) is 7.59. The number of hydrogen-bond acceptors (Lipinski definition) is 5. The highest BCUT2D eigenvalue weighted by Crippen LogP contribution is 2.24. The molecule has 148 valence electrons. The number of hydrogen-bond donors (Lipinski definition) is 0. The molecule has 0 unspecified atom stereocenters. The van der Waals surface area contributed by atoms with E-state index in [0.29, 0.717) is 17.5 Å². The molecule has 1 amide bonds. The van der Waals surface area contributed by atoms with E-state index in [1.54, 1.807) is 12.3 Å². The van der Waals surface area contributed by atoms with Crippen LogP contribution in [-0.2, 0) is 4.79 Å². The minimum atomic E-state index is 0. The summed E-state index contributed by atoms with van der Waals surface area (Å²) in [4.78, 5) is 24.1. The quantitative estimate of drug-likeness (QED) is 0.792. The van der Waals surface area contributed by atoms with Gasteiger partial charge in [0.05, 0.1) is 5.56 Å². The number of nitrogens with zero attached hydrogens (tertiary/aromatic N) is 5. The summed E-state index contributed by atoms with van der Waals surface area (Å²) >= 11 is 0. The largest absolute Gasteiger partial charge is 0.357 e. The first kappa shape index (κ1) is 21.5. The number of piperidine rings is 1. The molecule has 1 aromatic rings. The Kier molecular flexibility index (Phi) is 7.88. The normalized spacial score (nSPS) is 19.3. The van der Waals surface area contributed by atoms with E-state index in [-0.39, 0.29) is 18.3 Å². The van der Waals surface area contributed by atoms with E-state index < -0.39 is 0 Å². The van der Waals surface area contributed by atoms with Crippen LogP contribution in [0.25, 0.3) is 0 Å². The van der Waals surface area contributed by atoms with Gasteiger partial charge < -0.3 is 9.80 Å². The lowest BCUT2D eigenvalue weighted by Gasteiger charge is -2.34. The van der Waals surface area contributed by atoms with E-state index >= 15 is 0 Å². The van der Waals surface area contributed by atoms with Crippen molar-refractivity contribution in [2.75, 3.05) is 44.2 Å². The Bertz CT molecular complexity index is 649. The summed E-state index contributed by atoms with van der Waals surface area (Å²) in [6, 6.07) is 6.35. The molecule has 7 heteroatoms. The third-order valence-corrected chi connectivity index (χ3v) is 5.62. The van der Waals surface area contributed by atoms with Crippen molar-refractivity contribution in [2.24, 2.45) is 5.92 Å². The number of aromatic nitrogens is 1. The van der Waals surface area contributed by atoms with Gasteiger partial charge in [0.1, 0.15) is 11.9 Å². The fourth-order valence-corrected chi connectivity index (χ4v) is 3.93. The molecule has 0 atom stereocenters. The van der Waals surface area contributed by atoms with Crippen LogP contribution in [-0.4, -0.2) is 66.0 Å². The van der Waals surface area contributed by atoms with Crippen LogP contribution in [0.15, 0.2) is 18.3 Å². The van der Waals surface area contributed by atoms with Crippen LogP contribution in [0.4, 0.5) is 5.82 Å². The molecule has 3 heterocycles. The van der Waals surface area contributed by atoms with Gasteiger partial charge in [-0.3, -0.25) is 9.69 Å². The van der Waals surface area contributed by atoms with Gasteiger partial charge in [0, 0.05) is 57.4 Å². The molecule has 2 saturated heterocycles. The fourth-order valence-electron chi connectivity index (χ4n) is 3.93. The maximum atomic E-state index is 12.9. The minimum Gasteiger partial charge on any atom is -0.357 e. The van der Waals surface area contributed by atoms with Crippen LogP contribution in [0.5, 0.6) is 0 Å². The lowest BCUT2D eigenvalue weighted by molar-refractivity contribution is -0.136. The zero-order valence-electron chi connectivity index (χ0n) is 16.3. The summed E-state index contributed by atoms with van der Waals surface area (Å²) in [5, 5.41) is 8.88. The van der Waals surface area contributed by atoms with Crippen molar-refractivity contribution in [1.29, 1.82) is 5.26 Å². The molecule has 2 aliphatic rings. The molecule has 0 bridgehead atoms. The lowest BCUT2D eigenvalue weighted by Crippen LogP contribution is -2.44. The predicted octanol–water partition coefficient (Wildman–Crippen LogP) is 2.53. The van der Waals surface area contributed by atoms with Crippen LogP contribution >= 0.6 is 12.4 Å². The van der Waals surface area contributed by atoms with Crippen LogP contribution in [0.2, 0.25) is 0 Å². The monoisotopic (exact) mass is 391 g/mol. The van der Waals surface area contributed by atoms with Crippen molar-refractivity contribution in [3.63, 3.8) is 0 Å². The van der Waals surface area contributed by atoms with Gasteiger partial charge in [-0.1, -0.05) is 0 Å². The zero-order valence-corrected chi connectivity index (χ0v) is 17.1. The molecule has 27 heavy (non-hydrogen) atoms. The average molecular weight is 392 g/mol. The molecule has 0 spiro atoms. The number of rotatable bonds is 3. The Balaban J connectivity index is 0.00000261. The molecule has 6 nitrogen and oxygen atoms in total. The van der Waals surface area contributed by atoms with E-state index in [4.69, 9.17) is 5.26 Å². The highest BCUT2D eigenvalue weighted by Gasteiger charge is 2.30. The molecule has 2 aliphatic heterocycles. The number of carbonyl (C=O) groups is 1. The number of carbonyl (C=O) groups excluding carboxylic acids is 1. The Labute approximate surface area is 168 Å². The molecule has 1 aromatic heterocycles. The first-order valence-corrected chi connectivity index (χ1v) is 9.72. The Morgan fingerprint density at radius 2 is 1.89 bits per heavy atom. The topological polar surface area (TPSA) is 63.5 Å². The summed E-state index contributed by atoms with van der Waals surface area (Å²) in [5.74, 6) is 1.37. The standard InChI is InChI=1S/C20H29N5O.ClH/c1-16(2)23-8-3-9-25(13-12-23)20(26)18-6-10-24(11-7-18)19-5-4-17(14-21)15-22-19;/h4-5,15-16,18H,3,6-13H2,1-2H3;1H. The first-order chi connectivity index (χ1) is 12.6. The Hall–Kier alpha value is -1.84. The average Bonchev–Trinajstić information content (AvgIpc) is 2.94. The van der Waals surface area contributed by atoms with Crippen molar-refractivity contribution in [3.05, 3.63) is 23.9 Å². The van der Waals surface area contributed by atoms with E-state index in [0.717, 1.165) is 64.3 Å². The number of amides is 1. The van der Waals surface area contributed by atoms with Crippen molar-refractivity contribution < 1.29 is 4.79 Å². The van der Waals surface area contributed by atoms with Crippen LogP contribution in [0.3, 0.4) is 0 Å². The van der Waals surface area contributed by atoms with Crippen molar-refractivity contribution in [2.45, 2.75) is 39.2 Å². The van der Waals surface area contributed by atoms with Crippen LogP contribution in [0, 0.1) is 17.2 Å². The van der Waals surface area contributed by atoms with Gasteiger partial charge in [-0.25, -0.2) is 4.98 Å². The maximum absolute atomic E-state index is 12.9. The summed E-state index contributed by atoms with van der Waals surface area (Å²) in [5.41, 5.74) is 0.579. The van der Waals surface area contributed by atoms with Crippen LogP contribution < -0.4 is 4.90 Å². The molecule has 0 aromatic carbocycles. The molecular formula is C20H30ClN5O. The van der Waals surface area contributed by atoms with Crippen LogP contribution in [0.1, 0.15) is 38.7 Å². The summed E-state index contributed by atoms with van der Waals surface area (Å²) in [6.45, 7) is 9.97. The van der Waals surface area contributed by atoms with Gasteiger partial charge in [0.25, 0.3) is 0 Å². The molecular weight excluding hydrogens is 362 g/mol. The maximum Gasteiger partial charge on any atom is 0.225 e. The third-order valence-electron chi connectivity index (χ3n) is 5.62. The molecule has 0 aliphatic carbocycles. The Morgan fingerprint density at radius 1 is 1.15 bits per heavy atom. The number of anilines is 1. The van der Waals surface area contributed by atoms with Gasteiger partial charge in [-0.05, 0) is 45.2 Å². The highest BCUT2D eigenvalue weighted by molar-refractivity contribution is 5.85. The molecule has 0 saturated carbocycles. The number of pyridine rings is 1. The fraction of sp³-hybridized carbons (Fsp3) is 0.650. The van der Waals surface area contributed by atoms with E-state index in [1.807, 2.05) is 6.07 Å². The zero-order chi connectivity index (χ0) is 18.5. The Morgan fingerprint density at radius 3 is 2.48 bits per heavy atom. The molecule has 2 fully saturated rings. The van der Waals surface area contributed by atoms with Gasteiger partial charge in [0.15, 0.2) is 0 Å². The van der Waals surface area contributed by atoms with Gasteiger partial charge >= 0.3 is 0 Å². The van der Waals surface area contributed by atoms with E-state index in [1.165, 1.54) is 0 Å². The second-order valence-corrected chi connectivity index (χ2v) is 7.59. The summed E-state index contributed by atoms with van der Waals surface area (Å²) in [7, 11) is 0. The van der Waals surface area contributed by atoms with Crippen molar-refractivity contribution in [1.82, 2.24) is 14.8 Å². The minimum absolute atomic E-state index is 0. The van der Waals surface area contributed by atoms with Gasteiger partial charge in [-0.2, -0.15) is 5.26 Å². The van der Waals surface area contributed by atoms with E-state index in [2.05, 4.69) is 39.6 Å². The number of halogens is 1. The van der Waals surface area contributed by atoms with E-state index in [9.17, 15) is 4.79 Å². The smallest absolute Gasteiger partial charge is 0.225 e.